The number of hydrogen-bond acceptors (Lipinski definition) is 4. The first-order valence-electron chi connectivity index (χ1n) is 12.3. The van der Waals surface area contributed by atoms with Crippen LogP contribution in [0.1, 0.15) is 27.7 Å². The van der Waals surface area contributed by atoms with Crippen LogP contribution in [0.3, 0.4) is 0 Å². The normalized spacial score (nSPS) is 16.5. The quantitative estimate of drug-likeness (QED) is 0.299. The molecule has 3 aromatic carbocycles. The van der Waals surface area contributed by atoms with Gasteiger partial charge in [-0.25, -0.2) is 9.50 Å². The third kappa shape index (κ3) is 3.92. The van der Waals surface area contributed by atoms with Gasteiger partial charge in [-0.05, 0) is 68.0 Å². The summed E-state index contributed by atoms with van der Waals surface area (Å²) in [7, 11) is -0.394. The third-order valence-electron chi connectivity index (χ3n) is 7.31. The average molecular weight is 473 g/mol. The van der Waals surface area contributed by atoms with Gasteiger partial charge in [0.25, 0.3) is 0 Å². The minimum Gasteiger partial charge on any atom is -0.399 e. The van der Waals surface area contributed by atoms with Gasteiger partial charge in [-0.2, -0.15) is 0 Å². The molecule has 0 atom stereocenters. The number of aromatic nitrogens is 3. The van der Waals surface area contributed by atoms with Gasteiger partial charge in [0.15, 0.2) is 11.5 Å². The molecule has 1 saturated heterocycles. The van der Waals surface area contributed by atoms with Crippen LogP contribution in [-0.2, 0) is 9.31 Å². The summed E-state index contributed by atoms with van der Waals surface area (Å²) < 4.78 is 14.4. The van der Waals surface area contributed by atoms with Gasteiger partial charge in [0.2, 0.25) is 0 Å². The van der Waals surface area contributed by atoms with Crippen molar-refractivity contribution < 1.29 is 9.31 Å². The lowest BCUT2D eigenvalue weighted by atomic mass is 9.78. The first-order valence-corrected chi connectivity index (χ1v) is 12.3. The molecule has 1 aliphatic rings. The summed E-state index contributed by atoms with van der Waals surface area (Å²) >= 11 is 0. The van der Waals surface area contributed by atoms with Gasteiger partial charge in [0.1, 0.15) is 0 Å². The molecule has 6 heteroatoms. The second-order valence-corrected chi connectivity index (χ2v) is 10.3. The molecule has 0 amide bonds. The molecular weight excluding hydrogens is 445 g/mol. The molecule has 0 spiro atoms. The van der Waals surface area contributed by atoms with Gasteiger partial charge in [-0.1, -0.05) is 72.8 Å². The van der Waals surface area contributed by atoms with E-state index in [1.165, 1.54) is 0 Å². The SMILES string of the molecule is CC1(C)OB(c2cccc(-c3cccc(-c4nc5c(-c6ccccc6)cccn5n4)c3)c2)OC1(C)C. The fourth-order valence-electron chi connectivity index (χ4n) is 4.55. The van der Waals surface area contributed by atoms with Gasteiger partial charge >= 0.3 is 7.12 Å². The topological polar surface area (TPSA) is 48.7 Å². The van der Waals surface area contributed by atoms with Crippen molar-refractivity contribution in [2.24, 2.45) is 0 Å². The maximum Gasteiger partial charge on any atom is 0.494 e. The highest BCUT2D eigenvalue weighted by molar-refractivity contribution is 6.62. The van der Waals surface area contributed by atoms with E-state index >= 15 is 0 Å². The minimum absolute atomic E-state index is 0.374. The summed E-state index contributed by atoms with van der Waals surface area (Å²) in [4.78, 5) is 4.92. The summed E-state index contributed by atoms with van der Waals surface area (Å²) in [5.41, 5.74) is 6.43. The maximum absolute atomic E-state index is 6.27. The smallest absolute Gasteiger partial charge is 0.399 e. The molecule has 1 fully saturated rings. The maximum atomic E-state index is 6.27. The number of benzene rings is 3. The van der Waals surface area contributed by atoms with E-state index in [1.807, 2.05) is 35.0 Å². The first-order chi connectivity index (χ1) is 17.3. The predicted molar refractivity (Wildman–Crippen MR) is 145 cm³/mol. The van der Waals surface area contributed by atoms with Gasteiger partial charge in [0, 0.05) is 17.3 Å². The van der Waals surface area contributed by atoms with E-state index in [0.717, 1.165) is 38.9 Å². The van der Waals surface area contributed by atoms with Crippen LogP contribution in [0.15, 0.2) is 97.2 Å². The Balaban J connectivity index is 1.35. The number of pyridine rings is 1. The van der Waals surface area contributed by atoms with Crippen molar-refractivity contribution in [2.45, 2.75) is 38.9 Å². The highest BCUT2D eigenvalue weighted by Crippen LogP contribution is 2.37. The summed E-state index contributed by atoms with van der Waals surface area (Å²) in [5.74, 6) is 0.697. The van der Waals surface area contributed by atoms with Crippen molar-refractivity contribution in [1.82, 2.24) is 14.6 Å². The third-order valence-corrected chi connectivity index (χ3v) is 7.31. The number of rotatable bonds is 4. The van der Waals surface area contributed by atoms with Crippen LogP contribution in [0.25, 0.3) is 39.3 Å². The van der Waals surface area contributed by atoms with Gasteiger partial charge in [-0.3, -0.25) is 0 Å². The van der Waals surface area contributed by atoms with Crippen molar-refractivity contribution >= 4 is 18.2 Å². The Labute approximate surface area is 211 Å². The predicted octanol–water partition coefficient (Wildman–Crippen LogP) is 6.03. The van der Waals surface area contributed by atoms with E-state index in [9.17, 15) is 0 Å². The molecule has 178 valence electrons. The second-order valence-electron chi connectivity index (χ2n) is 10.3. The van der Waals surface area contributed by atoms with E-state index in [2.05, 4.69) is 94.4 Å². The summed E-state index contributed by atoms with van der Waals surface area (Å²) in [6.45, 7) is 8.30. The molecule has 0 bridgehead atoms. The van der Waals surface area contributed by atoms with Gasteiger partial charge < -0.3 is 9.31 Å². The average Bonchev–Trinajstić information content (AvgIpc) is 3.42. The van der Waals surface area contributed by atoms with Gasteiger partial charge in [-0.15, -0.1) is 5.10 Å². The summed E-state index contributed by atoms with van der Waals surface area (Å²) in [5, 5.41) is 4.78. The van der Waals surface area contributed by atoms with Crippen LogP contribution >= 0.6 is 0 Å². The van der Waals surface area contributed by atoms with Crippen molar-refractivity contribution in [3.8, 4) is 33.6 Å². The molecule has 2 aromatic heterocycles. The van der Waals surface area contributed by atoms with Crippen LogP contribution in [0.4, 0.5) is 0 Å². The Morgan fingerprint density at radius 1 is 0.667 bits per heavy atom. The lowest BCUT2D eigenvalue weighted by Crippen LogP contribution is -2.41. The summed E-state index contributed by atoms with van der Waals surface area (Å²) in [6, 6.07) is 31.1. The molecule has 0 N–H and O–H groups in total. The van der Waals surface area contributed by atoms with E-state index < -0.39 is 7.12 Å². The zero-order valence-electron chi connectivity index (χ0n) is 21.0. The van der Waals surface area contributed by atoms with Crippen LogP contribution in [0.5, 0.6) is 0 Å². The standard InChI is InChI=1S/C30H28BN3O2/c1-29(2)30(3,4)36-31(35-29)25-16-9-14-23(20-25)22-13-8-15-24(19-22)27-32-28-26(17-10-18-34(28)33-27)21-11-6-5-7-12-21/h5-20H,1-4H3. The lowest BCUT2D eigenvalue weighted by molar-refractivity contribution is 0.00578. The Morgan fingerprint density at radius 2 is 1.31 bits per heavy atom. The fourth-order valence-corrected chi connectivity index (χ4v) is 4.55. The highest BCUT2D eigenvalue weighted by Gasteiger charge is 2.51. The Bertz CT molecular complexity index is 1540. The van der Waals surface area contributed by atoms with E-state index in [-0.39, 0.29) is 11.2 Å². The molecule has 0 saturated carbocycles. The van der Waals surface area contributed by atoms with Crippen molar-refractivity contribution in [2.75, 3.05) is 0 Å². The number of fused-ring (bicyclic) bond motifs is 1. The van der Waals surface area contributed by atoms with E-state index in [1.54, 1.807) is 0 Å². The lowest BCUT2D eigenvalue weighted by Gasteiger charge is -2.32. The van der Waals surface area contributed by atoms with Crippen LogP contribution in [0, 0.1) is 0 Å². The largest absolute Gasteiger partial charge is 0.494 e. The van der Waals surface area contributed by atoms with Crippen LogP contribution < -0.4 is 5.46 Å². The van der Waals surface area contributed by atoms with Gasteiger partial charge in [0.05, 0.1) is 11.2 Å². The Hall–Kier alpha value is -3.74. The van der Waals surface area contributed by atoms with E-state index in [0.29, 0.717) is 5.82 Å². The van der Waals surface area contributed by atoms with Crippen LogP contribution in [0.2, 0.25) is 0 Å². The van der Waals surface area contributed by atoms with Crippen molar-refractivity contribution in [1.29, 1.82) is 0 Å². The first kappa shape index (κ1) is 22.7. The number of hydrogen-bond donors (Lipinski definition) is 0. The van der Waals surface area contributed by atoms with Crippen molar-refractivity contribution in [3.05, 3.63) is 97.2 Å². The highest BCUT2D eigenvalue weighted by atomic mass is 16.7. The molecule has 5 nitrogen and oxygen atoms in total. The molecular formula is C30H28BN3O2. The molecule has 0 aliphatic carbocycles. The molecule has 0 radical (unpaired) electrons. The monoisotopic (exact) mass is 473 g/mol. The van der Waals surface area contributed by atoms with Crippen LogP contribution in [-0.4, -0.2) is 32.9 Å². The van der Waals surface area contributed by atoms with Crippen molar-refractivity contribution in [3.63, 3.8) is 0 Å². The Morgan fingerprint density at radius 3 is 2.06 bits per heavy atom. The molecule has 36 heavy (non-hydrogen) atoms. The minimum atomic E-state index is -0.394. The van der Waals surface area contributed by atoms with E-state index in [4.69, 9.17) is 19.4 Å². The molecule has 6 rings (SSSR count). The molecule has 3 heterocycles. The Kier molecular flexibility index (Phi) is 5.32. The molecule has 1 aliphatic heterocycles. The molecule has 5 aromatic rings. The zero-order valence-corrected chi connectivity index (χ0v) is 21.0. The molecule has 0 unspecified atom stereocenters. The fraction of sp³-hybridized carbons (Fsp3) is 0.200. The number of nitrogens with zero attached hydrogens (tertiary/aromatic N) is 3. The zero-order chi connectivity index (χ0) is 24.9. The second kappa shape index (κ2) is 8.44. The summed E-state index contributed by atoms with van der Waals surface area (Å²) in [6.07, 6.45) is 1.94.